The van der Waals surface area contributed by atoms with Gasteiger partial charge < -0.3 is 4.90 Å². The second-order valence-electron chi connectivity index (χ2n) is 7.28. The first-order valence-electron chi connectivity index (χ1n) is 9.22. The van der Waals surface area contributed by atoms with E-state index in [4.69, 9.17) is 0 Å². The molecular formula is C17H26N4O2S. The number of aromatic nitrogens is 2. The largest absolute Gasteiger partial charge is 0.352 e. The van der Waals surface area contributed by atoms with E-state index in [1.54, 1.807) is 4.31 Å². The number of hydrogen-bond acceptors (Lipinski definition) is 5. The van der Waals surface area contributed by atoms with E-state index < -0.39 is 10.0 Å². The first kappa shape index (κ1) is 16.3. The summed E-state index contributed by atoms with van der Waals surface area (Å²) in [5, 5.41) is 8.53. The molecule has 0 bridgehead atoms. The number of hydrogen-bond donors (Lipinski definition) is 0. The van der Waals surface area contributed by atoms with Gasteiger partial charge in [-0.15, -0.1) is 5.10 Å². The molecule has 1 aromatic rings. The fourth-order valence-electron chi connectivity index (χ4n) is 3.85. The van der Waals surface area contributed by atoms with Crippen molar-refractivity contribution in [3.8, 4) is 0 Å². The van der Waals surface area contributed by atoms with Crippen molar-refractivity contribution in [1.82, 2.24) is 14.5 Å². The summed E-state index contributed by atoms with van der Waals surface area (Å²) < 4.78 is 27.3. The molecule has 1 saturated heterocycles. The van der Waals surface area contributed by atoms with Crippen molar-refractivity contribution in [2.75, 3.05) is 31.1 Å². The Morgan fingerprint density at radius 3 is 2.17 bits per heavy atom. The molecule has 0 radical (unpaired) electrons. The summed E-state index contributed by atoms with van der Waals surface area (Å²) in [5.41, 5.74) is 1.09. The van der Waals surface area contributed by atoms with Gasteiger partial charge in [0.1, 0.15) is 0 Å². The van der Waals surface area contributed by atoms with Crippen molar-refractivity contribution >= 4 is 15.8 Å². The zero-order valence-electron chi connectivity index (χ0n) is 14.1. The zero-order valence-corrected chi connectivity index (χ0v) is 14.9. The van der Waals surface area contributed by atoms with Crippen LogP contribution in [0.2, 0.25) is 0 Å². The molecule has 132 valence electrons. The lowest BCUT2D eigenvalue weighted by atomic mass is 10.0. The minimum atomic E-state index is -3.13. The summed E-state index contributed by atoms with van der Waals surface area (Å²) in [6.45, 7) is 2.52. The molecule has 0 unspecified atom stereocenters. The van der Waals surface area contributed by atoms with Crippen molar-refractivity contribution < 1.29 is 8.42 Å². The van der Waals surface area contributed by atoms with Gasteiger partial charge in [-0.05, 0) is 37.8 Å². The molecule has 2 heterocycles. The highest BCUT2D eigenvalue weighted by Gasteiger charge is 2.35. The summed E-state index contributed by atoms with van der Waals surface area (Å²) in [7, 11) is -3.13. The predicted molar refractivity (Wildman–Crippen MR) is 93.6 cm³/mol. The number of piperazine rings is 1. The van der Waals surface area contributed by atoms with Gasteiger partial charge >= 0.3 is 0 Å². The molecule has 3 aliphatic rings. The van der Waals surface area contributed by atoms with E-state index in [1.807, 2.05) is 6.07 Å². The summed E-state index contributed by atoms with van der Waals surface area (Å²) in [6.07, 6.45) is 7.39. The van der Waals surface area contributed by atoms with Crippen LogP contribution in [0.5, 0.6) is 0 Å². The van der Waals surface area contributed by atoms with Crippen LogP contribution in [-0.4, -0.2) is 54.3 Å². The van der Waals surface area contributed by atoms with Crippen LogP contribution >= 0.6 is 0 Å². The summed E-state index contributed by atoms with van der Waals surface area (Å²) in [6, 6.07) is 4.11. The summed E-state index contributed by atoms with van der Waals surface area (Å²) >= 11 is 0. The van der Waals surface area contributed by atoms with E-state index >= 15 is 0 Å². The lowest BCUT2D eigenvalue weighted by molar-refractivity contribution is 0.366. The molecule has 4 rings (SSSR count). The first-order valence-corrected chi connectivity index (χ1v) is 10.7. The molecule has 1 aromatic heterocycles. The van der Waals surface area contributed by atoms with E-state index in [0.29, 0.717) is 32.1 Å². The van der Waals surface area contributed by atoms with Crippen LogP contribution in [0, 0.1) is 0 Å². The highest BCUT2D eigenvalue weighted by atomic mass is 32.2. The summed E-state index contributed by atoms with van der Waals surface area (Å²) in [5.74, 6) is 1.48. The van der Waals surface area contributed by atoms with Crippen LogP contribution in [0.15, 0.2) is 12.1 Å². The standard InChI is InChI=1S/C17H26N4O2S/c22-24(23,15-4-2-1-3-5-15)21-12-10-20(11-13-21)17-9-8-16(18-19-17)14-6-7-14/h8-9,14-15H,1-7,10-13H2. The SMILES string of the molecule is O=S(=O)(C1CCCCC1)N1CCN(c2ccc(C3CC3)nn2)CC1. The first-order chi connectivity index (χ1) is 11.6. The number of sulfonamides is 1. The Morgan fingerprint density at radius 1 is 0.875 bits per heavy atom. The summed E-state index contributed by atoms with van der Waals surface area (Å²) in [4.78, 5) is 2.15. The molecule has 0 amide bonds. The van der Waals surface area contributed by atoms with Gasteiger partial charge in [0.25, 0.3) is 0 Å². The molecule has 3 fully saturated rings. The van der Waals surface area contributed by atoms with Gasteiger partial charge in [0.05, 0.1) is 10.9 Å². The normalized spacial score (nSPS) is 24.2. The zero-order chi connectivity index (χ0) is 16.6. The lowest BCUT2D eigenvalue weighted by Crippen LogP contribution is -2.51. The fraction of sp³-hybridized carbons (Fsp3) is 0.765. The number of rotatable bonds is 4. The number of anilines is 1. The lowest BCUT2D eigenvalue weighted by Gasteiger charge is -2.37. The molecule has 1 aliphatic heterocycles. The van der Waals surface area contributed by atoms with Gasteiger partial charge in [-0.3, -0.25) is 0 Å². The minimum Gasteiger partial charge on any atom is -0.352 e. The van der Waals surface area contributed by atoms with Crippen LogP contribution < -0.4 is 4.90 Å². The third kappa shape index (κ3) is 3.28. The second-order valence-corrected chi connectivity index (χ2v) is 9.49. The molecule has 0 aromatic carbocycles. The van der Waals surface area contributed by atoms with Crippen molar-refractivity contribution in [2.45, 2.75) is 56.1 Å². The van der Waals surface area contributed by atoms with Gasteiger partial charge in [0.15, 0.2) is 5.82 Å². The smallest absolute Gasteiger partial charge is 0.217 e. The maximum atomic E-state index is 12.8. The van der Waals surface area contributed by atoms with E-state index in [2.05, 4.69) is 21.2 Å². The van der Waals surface area contributed by atoms with Gasteiger partial charge in [-0.1, -0.05) is 19.3 Å². The average Bonchev–Trinajstić information content (AvgIpc) is 3.48. The molecule has 0 spiro atoms. The average molecular weight is 350 g/mol. The van der Waals surface area contributed by atoms with Crippen molar-refractivity contribution in [1.29, 1.82) is 0 Å². The highest BCUT2D eigenvalue weighted by Crippen LogP contribution is 2.38. The van der Waals surface area contributed by atoms with E-state index in [0.717, 1.165) is 37.2 Å². The van der Waals surface area contributed by atoms with Gasteiger partial charge in [0, 0.05) is 32.1 Å². The Bertz CT molecular complexity index is 658. The van der Waals surface area contributed by atoms with E-state index in [-0.39, 0.29) is 5.25 Å². The van der Waals surface area contributed by atoms with E-state index in [9.17, 15) is 8.42 Å². The highest BCUT2D eigenvalue weighted by molar-refractivity contribution is 7.89. The maximum Gasteiger partial charge on any atom is 0.217 e. The molecule has 2 saturated carbocycles. The third-order valence-electron chi connectivity index (χ3n) is 5.56. The molecule has 0 N–H and O–H groups in total. The monoisotopic (exact) mass is 350 g/mol. The quantitative estimate of drug-likeness (QED) is 0.832. The van der Waals surface area contributed by atoms with Crippen molar-refractivity contribution in [2.24, 2.45) is 0 Å². The Balaban J connectivity index is 1.37. The molecule has 6 nitrogen and oxygen atoms in total. The van der Waals surface area contributed by atoms with Crippen molar-refractivity contribution in [3.63, 3.8) is 0 Å². The van der Waals surface area contributed by atoms with Gasteiger partial charge in [-0.2, -0.15) is 9.40 Å². The Morgan fingerprint density at radius 2 is 1.58 bits per heavy atom. The van der Waals surface area contributed by atoms with Crippen LogP contribution in [0.1, 0.15) is 56.6 Å². The second kappa shape index (κ2) is 6.59. The van der Waals surface area contributed by atoms with Gasteiger partial charge in [0.2, 0.25) is 10.0 Å². The van der Waals surface area contributed by atoms with Gasteiger partial charge in [-0.25, -0.2) is 8.42 Å². The fourth-order valence-corrected chi connectivity index (χ4v) is 5.87. The van der Waals surface area contributed by atoms with Crippen LogP contribution in [-0.2, 0) is 10.0 Å². The van der Waals surface area contributed by atoms with Crippen LogP contribution in [0.25, 0.3) is 0 Å². The molecular weight excluding hydrogens is 324 g/mol. The Labute approximate surface area is 144 Å². The topological polar surface area (TPSA) is 66.4 Å². The number of nitrogens with zero attached hydrogens (tertiary/aromatic N) is 4. The minimum absolute atomic E-state index is 0.157. The maximum absolute atomic E-state index is 12.8. The molecule has 24 heavy (non-hydrogen) atoms. The van der Waals surface area contributed by atoms with Crippen LogP contribution in [0.3, 0.4) is 0 Å². The molecule has 7 heteroatoms. The predicted octanol–water partition coefficient (Wildman–Crippen LogP) is 2.14. The Kier molecular flexibility index (Phi) is 4.47. The van der Waals surface area contributed by atoms with Crippen molar-refractivity contribution in [3.05, 3.63) is 17.8 Å². The van der Waals surface area contributed by atoms with E-state index in [1.165, 1.54) is 19.3 Å². The molecule has 0 atom stereocenters. The molecule has 2 aliphatic carbocycles. The Hall–Kier alpha value is -1.21. The van der Waals surface area contributed by atoms with Crippen LogP contribution in [0.4, 0.5) is 5.82 Å². The third-order valence-corrected chi connectivity index (χ3v) is 7.96.